The Morgan fingerprint density at radius 3 is 2.40 bits per heavy atom. The number of halogens is 7. The summed E-state index contributed by atoms with van der Waals surface area (Å²) < 4.78 is 44.9. The van der Waals surface area contributed by atoms with Gasteiger partial charge in [0.15, 0.2) is 0 Å². The van der Waals surface area contributed by atoms with Crippen LogP contribution in [-0.2, 0) is 12.6 Å². The molecule has 0 bridgehead atoms. The Morgan fingerprint density at radius 1 is 1.05 bits per heavy atom. The Morgan fingerprint density at radius 2 is 1.74 bits per heavy atom. The minimum absolute atomic E-state index is 0. The molecule has 1 fully saturated rings. The van der Waals surface area contributed by atoms with E-state index in [0.29, 0.717) is 13.0 Å². The van der Waals surface area contributed by atoms with E-state index in [9.17, 15) is 18.3 Å². The average Bonchev–Trinajstić information content (AvgIpc) is 2.93. The summed E-state index contributed by atoms with van der Waals surface area (Å²) in [7, 11) is 0. The van der Waals surface area contributed by atoms with Gasteiger partial charge in [0, 0.05) is 49.8 Å². The molecule has 12 heteroatoms. The van der Waals surface area contributed by atoms with E-state index in [-0.39, 0.29) is 61.4 Å². The number of nitrogens with zero attached hydrogens (tertiary/aromatic N) is 1. The Labute approximate surface area is 269 Å². The third kappa shape index (κ3) is 11.4. The number of alkyl halides is 3. The lowest BCUT2D eigenvalue weighted by atomic mass is 10.0. The topological polar surface area (TPSA) is 56.8 Å². The summed E-state index contributed by atoms with van der Waals surface area (Å²) in [6.45, 7) is 6.31. The van der Waals surface area contributed by atoms with Gasteiger partial charge in [0.05, 0.1) is 11.7 Å². The first-order valence-electron chi connectivity index (χ1n) is 13.2. The number of benzene rings is 3. The van der Waals surface area contributed by atoms with Gasteiger partial charge in [0.1, 0.15) is 12.4 Å². The summed E-state index contributed by atoms with van der Waals surface area (Å²) in [6.07, 6.45) is -4.75. The molecule has 3 N–H and O–H groups in total. The smallest absolute Gasteiger partial charge is 0.416 e. The number of aliphatic hydroxyl groups excluding tert-OH is 1. The van der Waals surface area contributed by atoms with Gasteiger partial charge in [-0.05, 0) is 66.4 Å². The second-order valence-electron chi connectivity index (χ2n) is 9.95. The molecule has 1 saturated heterocycles. The van der Waals surface area contributed by atoms with Gasteiger partial charge < -0.3 is 20.5 Å². The first-order valence-corrected chi connectivity index (χ1v) is 13.6. The standard InChI is InChI=1S/C30H35ClF3N3O2.3ClH/c1-21(36-20-29(38)24-3-2-4-25(18-24)30(32,33)34)17-22-5-11-27(12-6-22)39-16-15-37-14-13-35-19-28(37)23-7-9-26(31)10-8-23;;;/h2-12,18,21,28-29,35-36,38H,13-17,19-20H2,1H3;3*1H. The number of rotatable bonds is 11. The van der Waals surface area contributed by atoms with Crippen molar-refractivity contribution in [3.63, 3.8) is 0 Å². The first kappa shape index (κ1) is 38.3. The number of hydrogen-bond donors (Lipinski definition) is 3. The fraction of sp³-hybridized carbons (Fsp3) is 0.400. The van der Waals surface area contributed by atoms with Crippen molar-refractivity contribution in [1.82, 2.24) is 15.5 Å². The molecule has 5 nitrogen and oxygen atoms in total. The van der Waals surface area contributed by atoms with Gasteiger partial charge >= 0.3 is 6.18 Å². The molecule has 3 unspecified atom stereocenters. The van der Waals surface area contributed by atoms with Crippen LogP contribution in [0.5, 0.6) is 5.75 Å². The molecule has 234 valence electrons. The van der Waals surface area contributed by atoms with E-state index in [1.807, 2.05) is 43.3 Å². The summed E-state index contributed by atoms with van der Waals surface area (Å²) in [4.78, 5) is 2.43. The Bertz CT molecular complexity index is 1190. The highest BCUT2D eigenvalue weighted by Gasteiger charge is 2.31. The minimum atomic E-state index is -4.43. The largest absolute Gasteiger partial charge is 0.492 e. The number of aliphatic hydroxyl groups is 1. The predicted molar refractivity (Wildman–Crippen MR) is 170 cm³/mol. The molecular weight excluding hydrogens is 633 g/mol. The summed E-state index contributed by atoms with van der Waals surface area (Å²) in [5.74, 6) is 0.803. The molecule has 3 atom stereocenters. The third-order valence-corrected chi connectivity index (χ3v) is 7.23. The maximum atomic E-state index is 12.9. The molecule has 3 aromatic carbocycles. The molecule has 4 rings (SSSR count). The minimum Gasteiger partial charge on any atom is -0.492 e. The van der Waals surface area contributed by atoms with Crippen LogP contribution in [0, 0.1) is 0 Å². The third-order valence-electron chi connectivity index (χ3n) is 6.98. The highest BCUT2D eigenvalue weighted by atomic mass is 35.5. The number of piperazine rings is 1. The van der Waals surface area contributed by atoms with E-state index in [4.69, 9.17) is 16.3 Å². The molecular formula is C30H38Cl4F3N3O2. The molecule has 0 amide bonds. The van der Waals surface area contributed by atoms with E-state index in [0.717, 1.165) is 54.6 Å². The molecule has 0 saturated carbocycles. The van der Waals surface area contributed by atoms with E-state index >= 15 is 0 Å². The predicted octanol–water partition coefficient (Wildman–Crippen LogP) is 6.90. The molecule has 0 aromatic heterocycles. The van der Waals surface area contributed by atoms with Crippen molar-refractivity contribution in [2.24, 2.45) is 0 Å². The van der Waals surface area contributed by atoms with E-state index in [1.54, 1.807) is 0 Å². The second-order valence-corrected chi connectivity index (χ2v) is 10.4. The maximum absolute atomic E-state index is 12.9. The molecule has 0 spiro atoms. The van der Waals surface area contributed by atoms with E-state index in [1.165, 1.54) is 17.7 Å². The molecule has 0 aliphatic carbocycles. The molecule has 1 heterocycles. The van der Waals surface area contributed by atoms with Gasteiger partial charge in [-0.1, -0.05) is 48.0 Å². The van der Waals surface area contributed by atoms with Gasteiger partial charge in [-0.3, -0.25) is 4.90 Å². The van der Waals surface area contributed by atoms with Gasteiger partial charge in [-0.25, -0.2) is 0 Å². The molecule has 1 aliphatic rings. The van der Waals surface area contributed by atoms with Crippen LogP contribution in [0.2, 0.25) is 5.02 Å². The summed E-state index contributed by atoms with van der Waals surface area (Å²) >= 11 is 6.05. The molecule has 42 heavy (non-hydrogen) atoms. The van der Waals surface area contributed by atoms with Gasteiger partial charge in [-0.2, -0.15) is 13.2 Å². The van der Waals surface area contributed by atoms with Crippen LogP contribution in [0.3, 0.4) is 0 Å². The van der Waals surface area contributed by atoms with Crippen LogP contribution in [0.1, 0.15) is 41.3 Å². The zero-order valence-electron chi connectivity index (χ0n) is 23.1. The van der Waals surface area contributed by atoms with Crippen LogP contribution in [0.4, 0.5) is 13.2 Å². The quantitative estimate of drug-likeness (QED) is 0.207. The summed E-state index contributed by atoms with van der Waals surface area (Å²) in [5, 5.41) is 17.8. The van der Waals surface area contributed by atoms with Gasteiger partial charge in [-0.15, -0.1) is 37.2 Å². The Kier molecular flexibility index (Phi) is 16.5. The Balaban J connectivity index is 0.00000294. The van der Waals surface area contributed by atoms with Gasteiger partial charge in [0.2, 0.25) is 0 Å². The van der Waals surface area contributed by atoms with Crippen molar-refractivity contribution in [1.29, 1.82) is 0 Å². The molecule has 3 aromatic rings. The zero-order chi connectivity index (χ0) is 27.8. The normalized spacial score (nSPS) is 16.8. The lowest BCUT2D eigenvalue weighted by Gasteiger charge is -2.36. The van der Waals surface area contributed by atoms with Crippen LogP contribution in [0.25, 0.3) is 0 Å². The summed E-state index contributed by atoms with van der Waals surface area (Å²) in [6, 6.07) is 21.1. The highest BCUT2D eigenvalue weighted by Crippen LogP contribution is 2.30. The first-order chi connectivity index (χ1) is 18.7. The number of ether oxygens (including phenoxy) is 1. The van der Waals surface area contributed by atoms with Crippen molar-refractivity contribution >= 4 is 48.8 Å². The van der Waals surface area contributed by atoms with Crippen molar-refractivity contribution < 1.29 is 23.0 Å². The fourth-order valence-corrected chi connectivity index (χ4v) is 4.93. The zero-order valence-corrected chi connectivity index (χ0v) is 26.4. The average molecular weight is 671 g/mol. The maximum Gasteiger partial charge on any atom is 0.416 e. The molecule has 0 radical (unpaired) electrons. The summed E-state index contributed by atoms with van der Waals surface area (Å²) in [5.41, 5.74) is 1.82. The second kappa shape index (κ2) is 18.1. The fourth-order valence-electron chi connectivity index (χ4n) is 4.81. The van der Waals surface area contributed by atoms with Crippen molar-refractivity contribution in [2.75, 3.05) is 39.3 Å². The number of hydrogen-bond acceptors (Lipinski definition) is 5. The molecule has 1 aliphatic heterocycles. The highest BCUT2D eigenvalue weighted by molar-refractivity contribution is 6.30. The van der Waals surface area contributed by atoms with Gasteiger partial charge in [0.25, 0.3) is 0 Å². The lowest BCUT2D eigenvalue weighted by molar-refractivity contribution is -0.137. The SMILES string of the molecule is CC(Cc1ccc(OCCN2CCNCC2c2ccc(Cl)cc2)cc1)NCC(O)c1cccc(C(F)(F)F)c1.Cl.Cl.Cl. The van der Waals surface area contributed by atoms with Crippen LogP contribution in [0.15, 0.2) is 72.8 Å². The van der Waals surface area contributed by atoms with Crippen molar-refractivity contribution in [3.05, 3.63) is 100 Å². The number of nitrogens with one attached hydrogen (secondary N) is 2. The van der Waals surface area contributed by atoms with Crippen LogP contribution < -0.4 is 15.4 Å². The Hall–Kier alpha value is -1.75. The lowest BCUT2D eigenvalue weighted by Crippen LogP contribution is -2.47. The van der Waals surface area contributed by atoms with E-state index < -0.39 is 17.8 Å². The monoisotopic (exact) mass is 669 g/mol. The van der Waals surface area contributed by atoms with Crippen molar-refractivity contribution in [3.8, 4) is 5.75 Å². The van der Waals surface area contributed by atoms with Crippen LogP contribution >= 0.6 is 48.8 Å². The van der Waals surface area contributed by atoms with E-state index in [2.05, 4.69) is 27.7 Å². The van der Waals surface area contributed by atoms with Crippen LogP contribution in [-0.4, -0.2) is 55.4 Å². The van der Waals surface area contributed by atoms with Crippen molar-refractivity contribution in [2.45, 2.75) is 37.7 Å².